The number of Topliss-reactive ketones (excluding diaryl/α,β-unsaturated/α-hetero) is 3. The standard InChI is InChI=1S/C32H59N3O5/c1-4-7-9-10-11-12-13-14-15-16-17-18-19-20-21-22-30(39)40-32(28(37)25-34,29(38)26-35)31(6-3,23-8-5-2)27(36)24-33/h14-15H,4-13,16-26,33-35H2,1-3H3/b15-14-. The monoisotopic (exact) mass is 565 g/mol. The zero-order chi connectivity index (χ0) is 30.3. The summed E-state index contributed by atoms with van der Waals surface area (Å²) >= 11 is 0. The van der Waals surface area contributed by atoms with E-state index in [1.54, 1.807) is 6.92 Å². The Balaban J connectivity index is 4.99. The number of unbranched alkanes of at least 4 members (excludes halogenated alkanes) is 12. The lowest BCUT2D eigenvalue weighted by atomic mass is 9.60. The van der Waals surface area contributed by atoms with Crippen molar-refractivity contribution in [2.45, 2.75) is 142 Å². The highest BCUT2D eigenvalue weighted by molar-refractivity contribution is 6.17. The average molecular weight is 566 g/mol. The van der Waals surface area contributed by atoms with Crippen molar-refractivity contribution in [3.63, 3.8) is 0 Å². The van der Waals surface area contributed by atoms with Crippen LogP contribution in [0.1, 0.15) is 136 Å². The van der Waals surface area contributed by atoms with Crippen molar-refractivity contribution in [3.05, 3.63) is 12.2 Å². The van der Waals surface area contributed by atoms with E-state index in [1.165, 1.54) is 38.5 Å². The normalized spacial score (nSPS) is 13.3. The SMILES string of the molecule is CCCCCCCC/C=C\CCCCCCCC(=O)OC(C(=O)CN)(C(=O)CN)C(CC)(CCCC)C(=O)CN. The van der Waals surface area contributed by atoms with Gasteiger partial charge in [0.15, 0.2) is 17.3 Å². The number of carbonyl (C=O) groups is 4. The summed E-state index contributed by atoms with van der Waals surface area (Å²) in [6, 6.07) is 0. The van der Waals surface area contributed by atoms with Gasteiger partial charge in [0.25, 0.3) is 0 Å². The first-order valence-corrected chi connectivity index (χ1v) is 15.8. The van der Waals surface area contributed by atoms with Gasteiger partial charge in [-0.05, 0) is 44.9 Å². The van der Waals surface area contributed by atoms with E-state index >= 15 is 0 Å². The minimum absolute atomic E-state index is 0.0417. The number of rotatable bonds is 27. The van der Waals surface area contributed by atoms with Gasteiger partial charge < -0.3 is 21.9 Å². The summed E-state index contributed by atoms with van der Waals surface area (Å²) in [5.41, 5.74) is 13.2. The van der Waals surface area contributed by atoms with E-state index in [0.29, 0.717) is 19.3 Å². The van der Waals surface area contributed by atoms with Gasteiger partial charge in [-0.2, -0.15) is 0 Å². The first-order chi connectivity index (χ1) is 19.3. The van der Waals surface area contributed by atoms with Crippen molar-refractivity contribution in [3.8, 4) is 0 Å². The molecule has 0 heterocycles. The molecule has 0 radical (unpaired) electrons. The lowest BCUT2D eigenvalue weighted by molar-refractivity contribution is -0.191. The summed E-state index contributed by atoms with van der Waals surface area (Å²) in [4.78, 5) is 52.9. The van der Waals surface area contributed by atoms with E-state index in [-0.39, 0.29) is 25.8 Å². The molecule has 0 rings (SSSR count). The zero-order valence-corrected chi connectivity index (χ0v) is 25.8. The number of esters is 1. The van der Waals surface area contributed by atoms with E-state index < -0.39 is 47.4 Å². The van der Waals surface area contributed by atoms with Gasteiger partial charge in [-0.25, -0.2) is 0 Å². The van der Waals surface area contributed by atoms with Crippen LogP contribution in [0.4, 0.5) is 0 Å². The minimum Gasteiger partial charge on any atom is -0.442 e. The summed E-state index contributed by atoms with van der Waals surface area (Å²) in [5.74, 6) is -2.80. The van der Waals surface area contributed by atoms with Gasteiger partial charge in [0.1, 0.15) is 0 Å². The van der Waals surface area contributed by atoms with Crippen LogP contribution >= 0.6 is 0 Å². The van der Waals surface area contributed by atoms with Crippen molar-refractivity contribution in [1.82, 2.24) is 0 Å². The topological polar surface area (TPSA) is 156 Å². The molecule has 1 atom stereocenters. The van der Waals surface area contributed by atoms with Crippen LogP contribution in [-0.2, 0) is 23.9 Å². The smallest absolute Gasteiger partial charge is 0.307 e. The Kier molecular flexibility index (Phi) is 21.7. The molecule has 8 heteroatoms. The number of ether oxygens (including phenoxy) is 1. The molecular weight excluding hydrogens is 506 g/mol. The molecule has 0 aliphatic rings. The predicted molar refractivity (Wildman–Crippen MR) is 163 cm³/mol. The Labute approximate surface area is 243 Å². The molecule has 0 fully saturated rings. The number of hydrogen-bond donors (Lipinski definition) is 3. The lowest BCUT2D eigenvalue weighted by Gasteiger charge is -2.46. The molecule has 0 aliphatic heterocycles. The molecule has 1 unspecified atom stereocenters. The Hall–Kier alpha value is -1.90. The van der Waals surface area contributed by atoms with Gasteiger partial charge in [0.2, 0.25) is 5.60 Å². The highest BCUT2D eigenvalue weighted by atomic mass is 16.6. The molecule has 0 saturated heterocycles. The molecular formula is C32H59N3O5. The molecule has 232 valence electrons. The maximum absolute atomic E-state index is 13.3. The fourth-order valence-electron chi connectivity index (χ4n) is 5.56. The maximum atomic E-state index is 13.3. The van der Waals surface area contributed by atoms with Crippen molar-refractivity contribution >= 4 is 23.3 Å². The first-order valence-electron chi connectivity index (χ1n) is 15.8. The van der Waals surface area contributed by atoms with Crippen molar-refractivity contribution in [2.75, 3.05) is 19.6 Å². The second kappa shape index (κ2) is 22.8. The summed E-state index contributed by atoms with van der Waals surface area (Å²) in [6.45, 7) is 4.37. The number of nitrogens with two attached hydrogens (primary N) is 3. The van der Waals surface area contributed by atoms with Crippen LogP contribution in [0.15, 0.2) is 12.2 Å². The van der Waals surface area contributed by atoms with E-state index in [2.05, 4.69) is 19.1 Å². The number of hydrogen-bond acceptors (Lipinski definition) is 8. The summed E-state index contributed by atoms with van der Waals surface area (Å²) in [5, 5.41) is 0. The van der Waals surface area contributed by atoms with Crippen LogP contribution < -0.4 is 17.2 Å². The molecule has 40 heavy (non-hydrogen) atoms. The third-order valence-corrected chi connectivity index (χ3v) is 8.02. The van der Waals surface area contributed by atoms with Crippen molar-refractivity contribution in [2.24, 2.45) is 22.6 Å². The van der Waals surface area contributed by atoms with Crippen LogP contribution in [-0.4, -0.2) is 48.6 Å². The molecule has 0 aromatic rings. The molecule has 0 amide bonds. The van der Waals surface area contributed by atoms with E-state index in [1.807, 2.05) is 6.92 Å². The van der Waals surface area contributed by atoms with Crippen LogP contribution in [0.25, 0.3) is 0 Å². The predicted octanol–water partition coefficient (Wildman–Crippen LogP) is 5.48. The van der Waals surface area contributed by atoms with Crippen LogP contribution in [0, 0.1) is 5.41 Å². The lowest BCUT2D eigenvalue weighted by Crippen LogP contribution is -2.68. The van der Waals surface area contributed by atoms with Gasteiger partial charge in [-0.15, -0.1) is 0 Å². The fourth-order valence-corrected chi connectivity index (χ4v) is 5.56. The van der Waals surface area contributed by atoms with Crippen molar-refractivity contribution in [1.29, 1.82) is 0 Å². The van der Waals surface area contributed by atoms with Gasteiger partial charge in [-0.3, -0.25) is 19.2 Å². The van der Waals surface area contributed by atoms with Crippen LogP contribution in [0.5, 0.6) is 0 Å². The maximum Gasteiger partial charge on any atom is 0.307 e. The highest BCUT2D eigenvalue weighted by Gasteiger charge is 2.64. The van der Waals surface area contributed by atoms with Gasteiger partial charge in [0.05, 0.1) is 25.0 Å². The zero-order valence-electron chi connectivity index (χ0n) is 25.8. The second-order valence-electron chi connectivity index (χ2n) is 10.9. The van der Waals surface area contributed by atoms with Crippen LogP contribution in [0.3, 0.4) is 0 Å². The molecule has 0 aliphatic carbocycles. The number of carbonyl (C=O) groups excluding carboxylic acids is 4. The first kappa shape index (κ1) is 38.1. The molecule has 0 bridgehead atoms. The molecule has 8 nitrogen and oxygen atoms in total. The number of allylic oxidation sites excluding steroid dienone is 2. The summed E-state index contributed by atoms with van der Waals surface area (Å²) < 4.78 is 5.76. The van der Waals surface area contributed by atoms with Crippen molar-refractivity contribution < 1.29 is 23.9 Å². The Morgan fingerprint density at radius 1 is 0.600 bits per heavy atom. The summed E-state index contributed by atoms with van der Waals surface area (Å²) in [7, 11) is 0. The average Bonchev–Trinajstić information content (AvgIpc) is 2.97. The Morgan fingerprint density at radius 3 is 1.50 bits per heavy atom. The molecule has 0 aromatic heterocycles. The molecule has 0 spiro atoms. The Bertz CT molecular complexity index is 752. The highest BCUT2D eigenvalue weighted by Crippen LogP contribution is 2.45. The van der Waals surface area contributed by atoms with Crippen LogP contribution in [0.2, 0.25) is 0 Å². The molecule has 0 saturated carbocycles. The van der Waals surface area contributed by atoms with E-state index in [4.69, 9.17) is 21.9 Å². The largest absolute Gasteiger partial charge is 0.442 e. The second-order valence-corrected chi connectivity index (χ2v) is 10.9. The third kappa shape index (κ3) is 11.9. The minimum atomic E-state index is -2.35. The van der Waals surface area contributed by atoms with Gasteiger partial charge >= 0.3 is 5.97 Å². The van der Waals surface area contributed by atoms with E-state index in [9.17, 15) is 19.2 Å². The number of ketones is 3. The van der Waals surface area contributed by atoms with Gasteiger partial charge in [0, 0.05) is 6.42 Å². The molecule has 6 N–H and O–H groups in total. The van der Waals surface area contributed by atoms with Gasteiger partial charge in [-0.1, -0.05) is 97.1 Å². The fraction of sp³-hybridized carbons (Fsp3) is 0.812. The molecule has 0 aromatic carbocycles. The third-order valence-electron chi connectivity index (χ3n) is 8.02. The van der Waals surface area contributed by atoms with E-state index in [0.717, 1.165) is 38.5 Å². The Morgan fingerprint density at radius 2 is 1.05 bits per heavy atom. The summed E-state index contributed by atoms with van der Waals surface area (Å²) in [6.07, 6.45) is 20.8. The quantitative estimate of drug-likeness (QED) is 0.0512.